The second-order valence-corrected chi connectivity index (χ2v) is 8.46. The number of ether oxygens (including phenoxy) is 2. The van der Waals surface area contributed by atoms with Gasteiger partial charge in [-0.1, -0.05) is 54.6 Å². The molecule has 0 spiro atoms. The first-order valence-corrected chi connectivity index (χ1v) is 12.1. The lowest BCUT2D eigenvalue weighted by Gasteiger charge is -2.11. The minimum atomic E-state index is -0.572. The van der Waals surface area contributed by atoms with Gasteiger partial charge in [0.05, 0.1) is 23.9 Å². The van der Waals surface area contributed by atoms with Crippen molar-refractivity contribution in [2.75, 3.05) is 6.61 Å². The number of carbonyl (C=O) groups is 2. The molecule has 7 heteroatoms. The quantitative estimate of drug-likeness (QED) is 0.121. The Morgan fingerprint density at radius 3 is 2.29 bits per heavy atom. The highest BCUT2D eigenvalue weighted by Crippen LogP contribution is 2.28. The van der Waals surface area contributed by atoms with Crippen LogP contribution in [0.3, 0.4) is 0 Å². The largest absolute Gasteiger partial charge is 0.507 e. The van der Waals surface area contributed by atoms with Gasteiger partial charge in [-0.15, -0.1) is 0 Å². The van der Waals surface area contributed by atoms with Gasteiger partial charge in [0.25, 0.3) is 5.91 Å². The maximum atomic E-state index is 12.9. The van der Waals surface area contributed by atoms with Crippen LogP contribution >= 0.6 is 0 Å². The molecule has 0 aliphatic carbocycles. The molecule has 38 heavy (non-hydrogen) atoms. The van der Waals surface area contributed by atoms with Crippen molar-refractivity contribution < 1.29 is 24.2 Å². The van der Waals surface area contributed by atoms with E-state index in [0.717, 1.165) is 21.5 Å². The lowest BCUT2D eigenvalue weighted by Crippen LogP contribution is -2.18. The number of rotatable bonds is 7. The van der Waals surface area contributed by atoms with E-state index in [2.05, 4.69) is 10.5 Å². The molecule has 5 aromatic rings. The predicted octanol–water partition coefficient (Wildman–Crippen LogP) is 6.08. The summed E-state index contributed by atoms with van der Waals surface area (Å²) in [6.07, 6.45) is 1.43. The Balaban J connectivity index is 1.41. The van der Waals surface area contributed by atoms with Gasteiger partial charge in [0.1, 0.15) is 17.2 Å². The number of hydrogen-bond acceptors (Lipinski definition) is 6. The molecule has 0 aliphatic rings. The first-order chi connectivity index (χ1) is 18.5. The Kier molecular flexibility index (Phi) is 6.99. The fourth-order valence-corrected chi connectivity index (χ4v) is 4.14. The number of amides is 1. The van der Waals surface area contributed by atoms with E-state index in [-0.39, 0.29) is 17.1 Å². The van der Waals surface area contributed by atoms with Crippen LogP contribution < -0.4 is 14.9 Å². The van der Waals surface area contributed by atoms with Gasteiger partial charge >= 0.3 is 5.97 Å². The summed E-state index contributed by atoms with van der Waals surface area (Å²) in [5.74, 6) is -0.308. The van der Waals surface area contributed by atoms with Gasteiger partial charge in [-0.25, -0.2) is 10.2 Å². The van der Waals surface area contributed by atoms with Gasteiger partial charge < -0.3 is 14.6 Å². The molecule has 5 aromatic carbocycles. The molecule has 7 nitrogen and oxygen atoms in total. The molecule has 0 aromatic heterocycles. The number of nitrogens with one attached hydrogen (secondary N) is 1. The third kappa shape index (κ3) is 5.17. The van der Waals surface area contributed by atoms with Crippen molar-refractivity contribution in [1.29, 1.82) is 0 Å². The van der Waals surface area contributed by atoms with Crippen LogP contribution in [0.15, 0.2) is 102 Å². The highest BCUT2D eigenvalue weighted by atomic mass is 16.5. The average Bonchev–Trinajstić information content (AvgIpc) is 2.94. The number of hydrogen-bond donors (Lipinski definition) is 2. The normalized spacial score (nSPS) is 11.1. The lowest BCUT2D eigenvalue weighted by molar-refractivity contribution is 0.0734. The second kappa shape index (κ2) is 10.8. The highest BCUT2D eigenvalue weighted by Gasteiger charge is 2.15. The molecule has 0 aliphatic heterocycles. The average molecular weight is 505 g/mol. The van der Waals surface area contributed by atoms with E-state index >= 15 is 0 Å². The zero-order chi connectivity index (χ0) is 26.5. The molecular weight excluding hydrogens is 480 g/mol. The number of carbonyl (C=O) groups excluding carboxylic acids is 2. The van der Waals surface area contributed by atoms with Gasteiger partial charge in [0, 0.05) is 5.56 Å². The summed E-state index contributed by atoms with van der Waals surface area (Å²) >= 11 is 0. The minimum Gasteiger partial charge on any atom is -0.507 e. The maximum Gasteiger partial charge on any atom is 0.343 e. The van der Waals surface area contributed by atoms with Crippen molar-refractivity contribution in [3.63, 3.8) is 0 Å². The molecule has 0 bridgehead atoms. The van der Waals surface area contributed by atoms with E-state index in [9.17, 15) is 14.7 Å². The van der Waals surface area contributed by atoms with Crippen LogP contribution in [-0.4, -0.2) is 29.8 Å². The Labute approximate surface area is 218 Å². The number of phenols is 1. The van der Waals surface area contributed by atoms with E-state index < -0.39 is 11.9 Å². The number of benzene rings is 5. The molecule has 188 valence electrons. The summed E-state index contributed by atoms with van der Waals surface area (Å²) in [4.78, 5) is 25.7. The molecule has 5 rings (SSSR count). The Hall–Kier alpha value is -5.17. The van der Waals surface area contributed by atoms with Crippen molar-refractivity contribution in [1.82, 2.24) is 5.43 Å². The van der Waals surface area contributed by atoms with Crippen LogP contribution in [0.4, 0.5) is 0 Å². The number of phenolic OH excluding ortho intramolecular Hbond substituents is 1. The predicted molar refractivity (Wildman–Crippen MR) is 147 cm³/mol. The van der Waals surface area contributed by atoms with Crippen LogP contribution in [0.5, 0.6) is 17.2 Å². The van der Waals surface area contributed by atoms with Gasteiger partial charge in [-0.2, -0.15) is 5.10 Å². The lowest BCUT2D eigenvalue weighted by atomic mass is 10.0. The van der Waals surface area contributed by atoms with Crippen LogP contribution in [0.2, 0.25) is 0 Å². The van der Waals surface area contributed by atoms with Gasteiger partial charge in [0.2, 0.25) is 0 Å². The summed E-state index contributed by atoms with van der Waals surface area (Å²) in [5.41, 5.74) is 3.45. The Morgan fingerprint density at radius 1 is 0.868 bits per heavy atom. The van der Waals surface area contributed by atoms with E-state index in [4.69, 9.17) is 9.47 Å². The van der Waals surface area contributed by atoms with Crippen molar-refractivity contribution in [2.24, 2.45) is 5.10 Å². The van der Waals surface area contributed by atoms with Gasteiger partial charge in [0.15, 0.2) is 0 Å². The topological polar surface area (TPSA) is 97.2 Å². The van der Waals surface area contributed by atoms with E-state index in [1.807, 2.05) is 61.5 Å². The summed E-state index contributed by atoms with van der Waals surface area (Å²) in [6.45, 7) is 2.42. The van der Waals surface area contributed by atoms with Crippen molar-refractivity contribution in [3.05, 3.63) is 114 Å². The number of fused-ring (bicyclic) bond motifs is 2. The third-order valence-corrected chi connectivity index (χ3v) is 6.00. The van der Waals surface area contributed by atoms with Crippen LogP contribution in [-0.2, 0) is 0 Å². The van der Waals surface area contributed by atoms with Crippen LogP contribution in [0, 0.1) is 0 Å². The fourth-order valence-electron chi connectivity index (χ4n) is 4.14. The summed E-state index contributed by atoms with van der Waals surface area (Å²) < 4.78 is 11.2. The van der Waals surface area contributed by atoms with Gasteiger partial charge in [-0.05, 0) is 70.9 Å². The van der Waals surface area contributed by atoms with Crippen molar-refractivity contribution >= 4 is 39.6 Å². The Bertz CT molecular complexity index is 1680. The first kappa shape index (κ1) is 24.5. The van der Waals surface area contributed by atoms with Crippen molar-refractivity contribution in [2.45, 2.75) is 6.92 Å². The summed E-state index contributed by atoms with van der Waals surface area (Å²) in [7, 11) is 0. The monoisotopic (exact) mass is 504 g/mol. The SMILES string of the molecule is CCOc1ccc(C(=O)Oc2ccc3ccccc3c2/C=N/NC(=O)c2cc3ccccc3cc2O)cc1. The van der Waals surface area contributed by atoms with Crippen LogP contribution in [0.1, 0.15) is 33.2 Å². The Morgan fingerprint density at radius 2 is 1.55 bits per heavy atom. The van der Waals surface area contributed by atoms with E-state index in [1.165, 1.54) is 12.3 Å². The standard InChI is InChI=1S/C31H24N2O5/c1-2-37-24-14-11-21(12-15-24)31(36)38-29-16-13-20-7-5-6-10-25(20)27(29)19-32-33-30(35)26-17-22-8-3-4-9-23(22)18-28(26)34/h3-19,34H,2H2,1H3,(H,33,35)/b32-19+. The second-order valence-electron chi connectivity index (χ2n) is 8.46. The molecule has 1 amide bonds. The highest BCUT2D eigenvalue weighted by molar-refractivity contribution is 6.05. The fraction of sp³-hybridized carbons (Fsp3) is 0.0645. The first-order valence-electron chi connectivity index (χ1n) is 12.1. The number of aromatic hydroxyl groups is 1. The molecule has 0 fully saturated rings. The van der Waals surface area contributed by atoms with E-state index in [1.54, 1.807) is 36.4 Å². The minimum absolute atomic E-state index is 0.0981. The molecule has 0 saturated heterocycles. The molecule has 2 N–H and O–H groups in total. The zero-order valence-corrected chi connectivity index (χ0v) is 20.5. The number of esters is 1. The van der Waals surface area contributed by atoms with Crippen molar-refractivity contribution in [3.8, 4) is 17.2 Å². The van der Waals surface area contributed by atoms with Gasteiger partial charge in [-0.3, -0.25) is 4.79 Å². The molecule has 0 atom stereocenters. The molecule has 0 saturated carbocycles. The summed E-state index contributed by atoms with van der Waals surface area (Å²) in [5, 5.41) is 17.8. The van der Waals surface area contributed by atoms with E-state index in [0.29, 0.717) is 23.5 Å². The number of hydrazone groups is 1. The zero-order valence-electron chi connectivity index (χ0n) is 20.5. The molecule has 0 heterocycles. The summed E-state index contributed by atoms with van der Waals surface area (Å²) in [6, 6.07) is 28.4. The van der Waals surface area contributed by atoms with Crippen LogP contribution in [0.25, 0.3) is 21.5 Å². The molecule has 0 unspecified atom stereocenters. The molecular formula is C31H24N2O5. The maximum absolute atomic E-state index is 12.9. The third-order valence-electron chi connectivity index (χ3n) is 6.00. The molecule has 0 radical (unpaired) electrons. The number of nitrogens with zero attached hydrogens (tertiary/aromatic N) is 1. The smallest absolute Gasteiger partial charge is 0.343 e.